The van der Waals surface area contributed by atoms with Crippen molar-refractivity contribution >= 4 is 17.2 Å². The van der Waals surface area contributed by atoms with Crippen LogP contribution in [0.4, 0.5) is 0 Å². The molecule has 5 heteroatoms. The van der Waals surface area contributed by atoms with E-state index in [1.54, 1.807) is 6.07 Å². The number of nitrogens with zero attached hydrogens (tertiary/aromatic N) is 1. The standard InChI is InChI=1S/C13H15NO3S/c1-10-9-14(6-8-17-10)13(16)12-5-4-11(18-12)3-2-7-15/h4-5,10,15H,6-9H2,1H3. The second kappa shape index (κ2) is 6.01. The Morgan fingerprint density at radius 2 is 2.50 bits per heavy atom. The number of carbonyl (C=O) groups excluding carboxylic acids is 1. The predicted molar refractivity (Wildman–Crippen MR) is 69.6 cm³/mol. The van der Waals surface area contributed by atoms with Gasteiger partial charge in [-0.3, -0.25) is 4.79 Å². The maximum absolute atomic E-state index is 12.2. The molecule has 0 saturated carbocycles. The summed E-state index contributed by atoms with van der Waals surface area (Å²) in [6, 6.07) is 3.60. The van der Waals surface area contributed by atoms with Crippen LogP contribution in [0.3, 0.4) is 0 Å². The molecular weight excluding hydrogens is 250 g/mol. The molecule has 96 valence electrons. The van der Waals surface area contributed by atoms with Crippen LogP contribution in [-0.4, -0.2) is 48.3 Å². The van der Waals surface area contributed by atoms with Crippen molar-refractivity contribution in [1.82, 2.24) is 4.90 Å². The molecule has 1 saturated heterocycles. The summed E-state index contributed by atoms with van der Waals surface area (Å²) in [5, 5.41) is 8.62. The van der Waals surface area contributed by atoms with Gasteiger partial charge >= 0.3 is 0 Å². The number of hydrogen-bond donors (Lipinski definition) is 1. The Morgan fingerprint density at radius 3 is 3.22 bits per heavy atom. The molecule has 0 radical (unpaired) electrons. The average molecular weight is 265 g/mol. The number of hydrogen-bond acceptors (Lipinski definition) is 4. The first-order valence-corrected chi connectivity index (χ1v) is 6.63. The summed E-state index contributed by atoms with van der Waals surface area (Å²) >= 11 is 1.36. The Labute approximate surface area is 110 Å². The summed E-state index contributed by atoms with van der Waals surface area (Å²) in [4.78, 5) is 15.5. The number of ether oxygens (including phenoxy) is 1. The number of thiophene rings is 1. The number of amides is 1. The lowest BCUT2D eigenvalue weighted by Gasteiger charge is -2.30. The minimum absolute atomic E-state index is 0.0344. The smallest absolute Gasteiger partial charge is 0.264 e. The lowest BCUT2D eigenvalue weighted by molar-refractivity contribution is -0.0122. The van der Waals surface area contributed by atoms with Gasteiger partial charge in [-0.05, 0) is 19.1 Å². The van der Waals surface area contributed by atoms with Gasteiger partial charge in [-0.25, -0.2) is 0 Å². The third kappa shape index (κ3) is 3.10. The van der Waals surface area contributed by atoms with Crippen molar-refractivity contribution in [3.63, 3.8) is 0 Å². The van der Waals surface area contributed by atoms with Crippen molar-refractivity contribution in [2.24, 2.45) is 0 Å². The van der Waals surface area contributed by atoms with E-state index in [4.69, 9.17) is 9.84 Å². The molecule has 1 aliphatic rings. The Hall–Kier alpha value is -1.35. The number of aliphatic hydroxyl groups is 1. The molecule has 1 aromatic heterocycles. The molecule has 1 fully saturated rings. The van der Waals surface area contributed by atoms with Gasteiger partial charge in [0.2, 0.25) is 0 Å². The number of rotatable bonds is 1. The van der Waals surface area contributed by atoms with Crippen LogP contribution < -0.4 is 0 Å². The molecule has 2 rings (SSSR count). The van der Waals surface area contributed by atoms with Gasteiger partial charge in [0.1, 0.15) is 6.61 Å². The zero-order valence-electron chi connectivity index (χ0n) is 10.2. The minimum atomic E-state index is -0.165. The molecule has 18 heavy (non-hydrogen) atoms. The van der Waals surface area contributed by atoms with Crippen LogP contribution in [0.5, 0.6) is 0 Å². The molecule has 1 aliphatic heterocycles. The molecule has 1 unspecified atom stereocenters. The van der Waals surface area contributed by atoms with E-state index >= 15 is 0 Å². The van der Waals surface area contributed by atoms with Gasteiger partial charge in [0.15, 0.2) is 0 Å². The Kier molecular flexibility index (Phi) is 4.37. The molecule has 1 atom stereocenters. The number of morpholine rings is 1. The van der Waals surface area contributed by atoms with E-state index in [0.717, 1.165) is 4.88 Å². The Balaban J connectivity index is 2.06. The van der Waals surface area contributed by atoms with Crippen LogP contribution in [0, 0.1) is 11.8 Å². The van der Waals surface area contributed by atoms with Gasteiger partial charge < -0.3 is 14.7 Å². The third-order valence-electron chi connectivity index (χ3n) is 2.64. The normalized spacial score (nSPS) is 19.2. The molecule has 0 aromatic carbocycles. The average Bonchev–Trinajstić information content (AvgIpc) is 2.84. The van der Waals surface area contributed by atoms with Crippen LogP contribution in [0.15, 0.2) is 12.1 Å². The molecule has 4 nitrogen and oxygen atoms in total. The summed E-state index contributed by atoms with van der Waals surface area (Å²) in [5.74, 6) is 5.41. The van der Waals surface area contributed by atoms with Crippen LogP contribution >= 0.6 is 11.3 Å². The fraction of sp³-hybridized carbons (Fsp3) is 0.462. The molecule has 1 aromatic rings. The zero-order valence-corrected chi connectivity index (χ0v) is 11.0. The summed E-state index contributed by atoms with van der Waals surface area (Å²) in [7, 11) is 0. The SMILES string of the molecule is CC1CN(C(=O)c2ccc(C#CCO)s2)CCO1. The minimum Gasteiger partial charge on any atom is -0.384 e. The topological polar surface area (TPSA) is 49.8 Å². The zero-order chi connectivity index (χ0) is 13.0. The first-order chi connectivity index (χ1) is 8.70. The largest absolute Gasteiger partial charge is 0.384 e. The van der Waals surface area contributed by atoms with Crippen molar-refractivity contribution < 1.29 is 14.6 Å². The Morgan fingerprint density at radius 1 is 1.67 bits per heavy atom. The first kappa shape index (κ1) is 13.1. The van der Waals surface area contributed by atoms with Gasteiger partial charge in [0.25, 0.3) is 5.91 Å². The number of aliphatic hydroxyl groups excluding tert-OH is 1. The molecule has 0 bridgehead atoms. The molecular formula is C13H15NO3S. The van der Waals surface area contributed by atoms with Crippen LogP contribution in [0.25, 0.3) is 0 Å². The predicted octanol–water partition coefficient (Wildman–Crippen LogP) is 0.953. The van der Waals surface area contributed by atoms with Crippen LogP contribution in [-0.2, 0) is 4.74 Å². The van der Waals surface area contributed by atoms with E-state index in [-0.39, 0.29) is 18.6 Å². The van der Waals surface area contributed by atoms with E-state index < -0.39 is 0 Å². The Bertz CT molecular complexity index is 486. The van der Waals surface area contributed by atoms with E-state index in [1.165, 1.54) is 11.3 Å². The highest BCUT2D eigenvalue weighted by Gasteiger charge is 2.23. The van der Waals surface area contributed by atoms with Crippen molar-refractivity contribution in [3.8, 4) is 11.8 Å². The van der Waals surface area contributed by atoms with Crippen molar-refractivity contribution in [2.75, 3.05) is 26.3 Å². The monoisotopic (exact) mass is 265 g/mol. The lowest BCUT2D eigenvalue weighted by Crippen LogP contribution is -2.44. The first-order valence-electron chi connectivity index (χ1n) is 5.81. The lowest BCUT2D eigenvalue weighted by atomic mass is 10.3. The van der Waals surface area contributed by atoms with Crippen molar-refractivity contribution in [3.05, 3.63) is 21.9 Å². The van der Waals surface area contributed by atoms with Crippen LogP contribution in [0.2, 0.25) is 0 Å². The maximum atomic E-state index is 12.2. The fourth-order valence-electron chi connectivity index (χ4n) is 1.81. The summed E-state index contributed by atoms with van der Waals surface area (Å²) in [6.07, 6.45) is 0.0938. The summed E-state index contributed by atoms with van der Waals surface area (Å²) in [5.41, 5.74) is 0. The molecule has 1 N–H and O–H groups in total. The fourth-order valence-corrected chi connectivity index (χ4v) is 2.65. The van der Waals surface area contributed by atoms with Gasteiger partial charge in [-0.1, -0.05) is 11.8 Å². The summed E-state index contributed by atoms with van der Waals surface area (Å²) < 4.78 is 5.41. The van der Waals surface area contributed by atoms with E-state index in [2.05, 4.69) is 11.8 Å². The van der Waals surface area contributed by atoms with Crippen LogP contribution in [0.1, 0.15) is 21.5 Å². The van der Waals surface area contributed by atoms with Gasteiger partial charge in [-0.15, -0.1) is 11.3 Å². The highest BCUT2D eigenvalue weighted by molar-refractivity contribution is 7.14. The number of carbonyl (C=O) groups is 1. The van der Waals surface area contributed by atoms with E-state index in [9.17, 15) is 4.79 Å². The molecule has 0 spiro atoms. The maximum Gasteiger partial charge on any atom is 0.264 e. The van der Waals surface area contributed by atoms with Gasteiger partial charge in [0, 0.05) is 13.1 Å². The van der Waals surface area contributed by atoms with Gasteiger partial charge in [-0.2, -0.15) is 0 Å². The van der Waals surface area contributed by atoms with E-state index in [0.29, 0.717) is 24.6 Å². The third-order valence-corrected chi connectivity index (χ3v) is 3.62. The quantitative estimate of drug-likeness (QED) is 0.769. The highest BCUT2D eigenvalue weighted by atomic mass is 32.1. The molecule has 2 heterocycles. The summed E-state index contributed by atoms with van der Waals surface area (Å²) in [6.45, 7) is 3.66. The second-order valence-electron chi connectivity index (χ2n) is 4.06. The van der Waals surface area contributed by atoms with Crippen molar-refractivity contribution in [1.29, 1.82) is 0 Å². The molecule has 1 amide bonds. The molecule has 0 aliphatic carbocycles. The van der Waals surface area contributed by atoms with Gasteiger partial charge in [0.05, 0.1) is 22.5 Å². The second-order valence-corrected chi connectivity index (χ2v) is 5.14. The highest BCUT2D eigenvalue weighted by Crippen LogP contribution is 2.19. The van der Waals surface area contributed by atoms with Crippen molar-refractivity contribution in [2.45, 2.75) is 13.0 Å². The van der Waals surface area contributed by atoms with E-state index in [1.807, 2.05) is 17.9 Å².